The van der Waals surface area contributed by atoms with Gasteiger partial charge in [-0.1, -0.05) is 53.8 Å². The van der Waals surface area contributed by atoms with Crippen molar-refractivity contribution in [3.8, 4) is 17.6 Å². The fourth-order valence-electron chi connectivity index (χ4n) is 4.49. The number of rotatable bonds is 8. The molecule has 0 saturated carbocycles. The third-order valence-corrected chi connectivity index (χ3v) is 7.27. The summed E-state index contributed by atoms with van der Waals surface area (Å²) in [6.07, 6.45) is 1.79. The van der Waals surface area contributed by atoms with Gasteiger partial charge in [-0.2, -0.15) is 5.26 Å². The maximum atomic E-state index is 13.9. The van der Waals surface area contributed by atoms with Crippen molar-refractivity contribution in [3.63, 3.8) is 0 Å². The Labute approximate surface area is 234 Å². The van der Waals surface area contributed by atoms with E-state index in [1.807, 2.05) is 79.7 Å². The number of carbonyl (C=O) groups excluding carboxylic acids is 1. The van der Waals surface area contributed by atoms with E-state index in [0.717, 1.165) is 11.1 Å². The van der Waals surface area contributed by atoms with Gasteiger partial charge in [0.05, 0.1) is 28.5 Å². The Hall–Kier alpha value is -4.94. The fraction of sp³-hybridized carbons (Fsp3) is 0.161. The number of aromatic nitrogens is 1. The van der Waals surface area contributed by atoms with Gasteiger partial charge in [0.15, 0.2) is 11.4 Å². The molecule has 0 saturated heterocycles. The number of hydrogen-bond acceptors (Lipinski definition) is 7. The molecule has 1 N–H and O–H groups in total. The van der Waals surface area contributed by atoms with Crippen LogP contribution in [0.15, 0.2) is 99.9 Å². The lowest BCUT2D eigenvalue weighted by atomic mass is 9.95. The van der Waals surface area contributed by atoms with E-state index in [0.29, 0.717) is 44.4 Å². The summed E-state index contributed by atoms with van der Waals surface area (Å²) in [6.45, 7) is 4.20. The molecule has 200 valence electrons. The summed E-state index contributed by atoms with van der Waals surface area (Å²) in [4.78, 5) is 32.7. The highest BCUT2D eigenvalue weighted by atomic mass is 32.1. The van der Waals surface area contributed by atoms with Crippen LogP contribution in [-0.4, -0.2) is 23.7 Å². The van der Waals surface area contributed by atoms with Crippen LogP contribution in [-0.2, 0) is 4.79 Å². The summed E-state index contributed by atoms with van der Waals surface area (Å²) in [5.74, 6) is 0.950. The van der Waals surface area contributed by atoms with Crippen LogP contribution >= 0.6 is 11.3 Å². The van der Waals surface area contributed by atoms with Crippen LogP contribution in [0.2, 0.25) is 0 Å². The number of allylic oxidation sites excluding steroid dienone is 1. The molecule has 1 aliphatic heterocycles. The SMILES string of the molecule is CCOc1ccc([C@@H]2C(C(=O)Nc3ccccc3)=C(C)N=c3s/c(=C\c4ccc(OCC#N)cc4)c(=O)n32)cc1. The summed E-state index contributed by atoms with van der Waals surface area (Å²) < 4.78 is 13.0. The van der Waals surface area contributed by atoms with Crippen molar-refractivity contribution < 1.29 is 14.3 Å². The first kappa shape index (κ1) is 26.7. The molecule has 1 atom stereocenters. The minimum absolute atomic E-state index is 0.0387. The summed E-state index contributed by atoms with van der Waals surface area (Å²) >= 11 is 1.27. The second-order valence-electron chi connectivity index (χ2n) is 8.92. The number of ether oxygens (including phenoxy) is 2. The van der Waals surface area contributed by atoms with Gasteiger partial charge in [0, 0.05) is 5.69 Å². The Morgan fingerprint density at radius 2 is 1.73 bits per heavy atom. The maximum absolute atomic E-state index is 13.9. The summed E-state index contributed by atoms with van der Waals surface area (Å²) in [5.41, 5.74) is 2.90. The van der Waals surface area contributed by atoms with E-state index in [1.165, 1.54) is 11.3 Å². The smallest absolute Gasteiger partial charge is 0.271 e. The van der Waals surface area contributed by atoms with Crippen molar-refractivity contribution in [1.82, 2.24) is 4.57 Å². The van der Waals surface area contributed by atoms with E-state index in [-0.39, 0.29) is 18.1 Å². The van der Waals surface area contributed by atoms with E-state index in [4.69, 9.17) is 14.7 Å². The molecular formula is C31H26N4O4S. The molecule has 0 spiro atoms. The number of thiazole rings is 1. The van der Waals surface area contributed by atoms with Crippen LogP contribution in [0.1, 0.15) is 31.0 Å². The Kier molecular flexibility index (Phi) is 7.89. The highest BCUT2D eigenvalue weighted by Gasteiger charge is 2.32. The van der Waals surface area contributed by atoms with Gasteiger partial charge >= 0.3 is 0 Å². The van der Waals surface area contributed by atoms with Gasteiger partial charge in [0.1, 0.15) is 17.6 Å². The van der Waals surface area contributed by atoms with Gasteiger partial charge in [0.2, 0.25) is 0 Å². The molecule has 8 nitrogen and oxygen atoms in total. The van der Waals surface area contributed by atoms with Crippen molar-refractivity contribution in [2.24, 2.45) is 4.99 Å². The number of anilines is 1. The quantitative estimate of drug-likeness (QED) is 0.354. The highest BCUT2D eigenvalue weighted by Crippen LogP contribution is 2.31. The lowest BCUT2D eigenvalue weighted by molar-refractivity contribution is -0.113. The molecule has 0 unspecified atom stereocenters. The molecule has 40 heavy (non-hydrogen) atoms. The molecule has 9 heteroatoms. The lowest BCUT2D eigenvalue weighted by Crippen LogP contribution is -2.40. The van der Waals surface area contributed by atoms with E-state index in [9.17, 15) is 9.59 Å². The van der Waals surface area contributed by atoms with Crippen molar-refractivity contribution in [2.45, 2.75) is 19.9 Å². The molecule has 4 aromatic rings. The molecule has 2 heterocycles. The minimum Gasteiger partial charge on any atom is -0.494 e. The maximum Gasteiger partial charge on any atom is 0.271 e. The Bertz CT molecular complexity index is 1780. The number of nitrogens with zero attached hydrogens (tertiary/aromatic N) is 3. The Morgan fingerprint density at radius 1 is 1.05 bits per heavy atom. The number of amides is 1. The van der Waals surface area contributed by atoms with Crippen molar-refractivity contribution >= 4 is 29.0 Å². The number of nitrogens with one attached hydrogen (secondary N) is 1. The molecule has 0 bridgehead atoms. The largest absolute Gasteiger partial charge is 0.494 e. The third kappa shape index (κ3) is 5.58. The minimum atomic E-state index is -0.681. The monoisotopic (exact) mass is 550 g/mol. The molecule has 3 aromatic carbocycles. The van der Waals surface area contributed by atoms with Crippen molar-refractivity contribution in [3.05, 3.63) is 121 Å². The first-order valence-corrected chi connectivity index (χ1v) is 13.5. The number of fused-ring (bicyclic) bond motifs is 1. The fourth-order valence-corrected chi connectivity index (χ4v) is 5.53. The van der Waals surface area contributed by atoms with Gasteiger partial charge in [-0.25, -0.2) is 4.99 Å². The Balaban J connectivity index is 1.60. The zero-order valence-corrected chi connectivity index (χ0v) is 22.8. The van der Waals surface area contributed by atoms with Crippen LogP contribution in [0.3, 0.4) is 0 Å². The first-order valence-electron chi connectivity index (χ1n) is 12.7. The van der Waals surface area contributed by atoms with Crippen LogP contribution in [0.4, 0.5) is 5.69 Å². The van der Waals surface area contributed by atoms with Crippen LogP contribution in [0.5, 0.6) is 11.5 Å². The molecular weight excluding hydrogens is 524 g/mol. The third-order valence-electron chi connectivity index (χ3n) is 6.29. The molecule has 1 aliphatic rings. The van der Waals surface area contributed by atoms with E-state index < -0.39 is 6.04 Å². The number of nitriles is 1. The molecule has 0 radical (unpaired) electrons. The average Bonchev–Trinajstić information content (AvgIpc) is 3.27. The topological polar surface area (TPSA) is 106 Å². The van der Waals surface area contributed by atoms with Gasteiger partial charge < -0.3 is 14.8 Å². The second-order valence-corrected chi connectivity index (χ2v) is 9.93. The van der Waals surface area contributed by atoms with Gasteiger partial charge in [-0.05, 0) is 67.4 Å². The Morgan fingerprint density at radius 3 is 2.40 bits per heavy atom. The second kappa shape index (κ2) is 11.8. The predicted molar refractivity (Wildman–Crippen MR) is 154 cm³/mol. The van der Waals surface area contributed by atoms with E-state index in [1.54, 1.807) is 29.7 Å². The first-order chi connectivity index (χ1) is 19.5. The normalized spacial score (nSPS) is 14.6. The van der Waals surface area contributed by atoms with Crippen molar-refractivity contribution in [2.75, 3.05) is 18.5 Å². The summed E-state index contributed by atoms with van der Waals surface area (Å²) in [5, 5.41) is 11.7. The molecule has 5 rings (SSSR count). The van der Waals surface area contributed by atoms with Gasteiger partial charge in [-0.15, -0.1) is 0 Å². The lowest BCUT2D eigenvalue weighted by Gasteiger charge is -2.25. The zero-order chi connectivity index (χ0) is 28.1. The van der Waals surface area contributed by atoms with Crippen LogP contribution < -0.4 is 29.7 Å². The van der Waals surface area contributed by atoms with E-state index >= 15 is 0 Å². The number of benzene rings is 3. The average molecular weight is 551 g/mol. The van der Waals surface area contributed by atoms with Gasteiger partial charge in [0.25, 0.3) is 11.5 Å². The molecule has 1 amide bonds. The number of carbonyl (C=O) groups is 1. The van der Waals surface area contributed by atoms with Crippen LogP contribution in [0.25, 0.3) is 6.08 Å². The standard InChI is InChI=1S/C31H26N4O4S/c1-3-38-24-15-11-22(12-16-24)28-27(29(36)34-23-7-5-4-6-8-23)20(2)33-31-35(28)30(37)26(40-31)19-21-9-13-25(14-10-21)39-18-17-32/h4-16,19,28H,3,18H2,1-2H3,(H,34,36)/b26-19-/t28-/m1/s1. The molecule has 1 aromatic heterocycles. The molecule has 0 aliphatic carbocycles. The zero-order valence-electron chi connectivity index (χ0n) is 22.0. The summed E-state index contributed by atoms with van der Waals surface area (Å²) in [7, 11) is 0. The number of para-hydroxylation sites is 1. The van der Waals surface area contributed by atoms with Gasteiger partial charge in [-0.3, -0.25) is 14.2 Å². The molecule has 0 fully saturated rings. The summed E-state index contributed by atoms with van der Waals surface area (Å²) in [6, 6.07) is 25.0. The highest BCUT2D eigenvalue weighted by molar-refractivity contribution is 7.07. The van der Waals surface area contributed by atoms with E-state index in [2.05, 4.69) is 10.3 Å². The number of hydrogen-bond donors (Lipinski definition) is 1. The van der Waals surface area contributed by atoms with Crippen molar-refractivity contribution in [1.29, 1.82) is 5.26 Å². The predicted octanol–water partition coefficient (Wildman–Crippen LogP) is 4.17. The van der Waals surface area contributed by atoms with Crippen LogP contribution in [0, 0.1) is 11.3 Å².